The van der Waals surface area contributed by atoms with Crippen molar-refractivity contribution in [2.75, 3.05) is 4.90 Å². The molecule has 0 fully saturated rings. The molecule has 2 amide bonds. The fourth-order valence-electron chi connectivity index (χ4n) is 6.56. The Morgan fingerprint density at radius 2 is 0.978 bits per heavy atom. The lowest BCUT2D eigenvalue weighted by molar-refractivity contribution is 0.0926. The van der Waals surface area contributed by atoms with Crippen molar-refractivity contribution in [3.05, 3.63) is 156 Å². The van der Waals surface area contributed by atoms with Crippen molar-refractivity contribution < 1.29 is 9.59 Å². The highest BCUT2D eigenvalue weighted by Gasteiger charge is 2.39. The first-order chi connectivity index (χ1) is 22.6. The SMILES string of the molecule is N#Cc1ccc(-c2cccc3c2c2c(-c4ccc(C#N)cc4)cccc2n3-c2cccc3c2C(=O)N(c2ccccc2)C3=O)cc1. The van der Waals surface area contributed by atoms with E-state index in [0.29, 0.717) is 33.6 Å². The fraction of sp³-hybridized carbons (Fsp3) is 0. The van der Waals surface area contributed by atoms with Crippen molar-refractivity contribution in [1.29, 1.82) is 10.5 Å². The quantitative estimate of drug-likeness (QED) is 0.192. The minimum absolute atomic E-state index is 0.350. The van der Waals surface area contributed by atoms with Crippen LogP contribution in [0.1, 0.15) is 31.8 Å². The van der Waals surface area contributed by atoms with Crippen LogP contribution in [0.2, 0.25) is 0 Å². The van der Waals surface area contributed by atoms with Gasteiger partial charge < -0.3 is 4.57 Å². The number of para-hydroxylation sites is 1. The molecular weight excluding hydrogens is 568 g/mol. The first-order valence-corrected chi connectivity index (χ1v) is 14.7. The molecule has 2 heterocycles. The number of rotatable bonds is 4. The Kier molecular flexibility index (Phi) is 6.10. The lowest BCUT2D eigenvalue weighted by atomic mass is 9.94. The molecule has 1 aliphatic rings. The number of carbonyl (C=O) groups is 2. The van der Waals surface area contributed by atoms with Crippen LogP contribution in [0.25, 0.3) is 49.7 Å². The number of hydrogen-bond donors (Lipinski definition) is 0. The van der Waals surface area contributed by atoms with Crippen LogP contribution in [-0.2, 0) is 0 Å². The maximum Gasteiger partial charge on any atom is 0.268 e. The third kappa shape index (κ3) is 3.95. The third-order valence-electron chi connectivity index (χ3n) is 8.61. The summed E-state index contributed by atoms with van der Waals surface area (Å²) in [6, 6.07) is 45.9. The maximum absolute atomic E-state index is 14.1. The van der Waals surface area contributed by atoms with Gasteiger partial charge in [0.1, 0.15) is 0 Å². The highest BCUT2D eigenvalue weighted by Crippen LogP contribution is 2.44. The lowest BCUT2D eigenvalue weighted by Crippen LogP contribution is -2.29. The number of fused-ring (bicyclic) bond motifs is 4. The van der Waals surface area contributed by atoms with E-state index >= 15 is 0 Å². The Labute approximate surface area is 264 Å². The van der Waals surface area contributed by atoms with Crippen LogP contribution in [0, 0.1) is 22.7 Å². The van der Waals surface area contributed by atoms with Crippen molar-refractivity contribution in [3.63, 3.8) is 0 Å². The number of amides is 2. The van der Waals surface area contributed by atoms with Gasteiger partial charge in [-0.25, -0.2) is 4.90 Å². The zero-order valence-corrected chi connectivity index (χ0v) is 24.3. The second-order valence-electron chi connectivity index (χ2n) is 11.1. The molecule has 214 valence electrons. The first kappa shape index (κ1) is 26.8. The van der Waals surface area contributed by atoms with Gasteiger partial charge in [0.25, 0.3) is 11.8 Å². The van der Waals surface area contributed by atoms with Crippen molar-refractivity contribution in [3.8, 4) is 40.1 Å². The molecule has 0 saturated carbocycles. The summed E-state index contributed by atoms with van der Waals surface area (Å²) < 4.78 is 2.07. The zero-order chi connectivity index (χ0) is 31.4. The average Bonchev–Trinajstić information content (AvgIpc) is 3.59. The summed E-state index contributed by atoms with van der Waals surface area (Å²) in [5.74, 6) is -0.728. The molecule has 1 aliphatic heterocycles. The van der Waals surface area contributed by atoms with Crippen molar-refractivity contribution in [1.82, 2.24) is 4.57 Å². The average molecular weight is 591 g/mol. The Balaban J connectivity index is 1.46. The van der Waals surface area contributed by atoms with Gasteiger partial charge in [-0.15, -0.1) is 0 Å². The Morgan fingerprint density at radius 1 is 0.478 bits per heavy atom. The van der Waals surface area contributed by atoms with Crippen molar-refractivity contribution in [2.45, 2.75) is 0 Å². The number of hydrogen-bond acceptors (Lipinski definition) is 4. The van der Waals surface area contributed by atoms with E-state index in [1.165, 1.54) is 4.90 Å². The van der Waals surface area contributed by atoms with Crippen LogP contribution in [0.4, 0.5) is 5.69 Å². The third-order valence-corrected chi connectivity index (χ3v) is 8.61. The monoisotopic (exact) mass is 590 g/mol. The number of carbonyl (C=O) groups excluding carboxylic acids is 2. The van der Waals surface area contributed by atoms with E-state index in [9.17, 15) is 20.1 Å². The molecule has 8 rings (SSSR count). The summed E-state index contributed by atoms with van der Waals surface area (Å²) in [5.41, 5.74) is 8.53. The summed E-state index contributed by atoms with van der Waals surface area (Å²) in [6.45, 7) is 0. The molecule has 0 spiro atoms. The number of nitriles is 2. The molecule has 0 radical (unpaired) electrons. The van der Waals surface area contributed by atoms with Crippen LogP contribution in [0.3, 0.4) is 0 Å². The first-order valence-electron chi connectivity index (χ1n) is 14.7. The molecule has 0 aliphatic carbocycles. The molecular formula is C40H22N4O2. The summed E-state index contributed by atoms with van der Waals surface area (Å²) in [7, 11) is 0. The fourth-order valence-corrected chi connectivity index (χ4v) is 6.56. The largest absolute Gasteiger partial charge is 0.308 e. The zero-order valence-electron chi connectivity index (χ0n) is 24.3. The van der Waals surface area contributed by atoms with E-state index in [1.54, 1.807) is 42.5 Å². The smallest absolute Gasteiger partial charge is 0.268 e. The predicted molar refractivity (Wildman–Crippen MR) is 179 cm³/mol. The second-order valence-corrected chi connectivity index (χ2v) is 11.1. The van der Waals surface area contributed by atoms with Crippen LogP contribution < -0.4 is 4.90 Å². The van der Waals surface area contributed by atoms with Gasteiger partial charge >= 0.3 is 0 Å². The summed E-state index contributed by atoms with van der Waals surface area (Å²) >= 11 is 0. The van der Waals surface area contributed by atoms with E-state index in [4.69, 9.17) is 0 Å². The summed E-state index contributed by atoms with van der Waals surface area (Å²) in [5, 5.41) is 20.8. The lowest BCUT2D eigenvalue weighted by Gasteiger charge is -2.14. The standard InChI is InChI=1S/C40H22N4O2/c41-23-25-15-19-27(20-16-25)30-9-4-12-33-36(30)37-31(28-21-17-26(24-42)18-22-28)10-5-13-34(37)44(33)35-14-6-11-32-38(35)40(46)43(39(32)45)29-7-2-1-3-8-29/h1-22H. The van der Waals surface area contributed by atoms with Crippen LogP contribution in [0.5, 0.6) is 0 Å². The topological polar surface area (TPSA) is 89.9 Å². The molecule has 6 aromatic carbocycles. The summed E-state index contributed by atoms with van der Waals surface area (Å²) in [4.78, 5) is 29.1. The highest BCUT2D eigenvalue weighted by atomic mass is 16.2. The van der Waals surface area contributed by atoms with Crippen molar-refractivity contribution >= 4 is 39.3 Å². The normalized spacial score (nSPS) is 12.3. The number of aromatic nitrogens is 1. The number of anilines is 1. The molecule has 0 saturated heterocycles. The van der Waals surface area contributed by atoms with Crippen LogP contribution in [0.15, 0.2) is 133 Å². The van der Waals surface area contributed by atoms with E-state index in [0.717, 1.165) is 44.1 Å². The minimum Gasteiger partial charge on any atom is -0.308 e. The van der Waals surface area contributed by atoms with Gasteiger partial charge in [-0.3, -0.25) is 9.59 Å². The van der Waals surface area contributed by atoms with Crippen LogP contribution >= 0.6 is 0 Å². The predicted octanol–water partition coefficient (Wildman–Crippen LogP) is 8.66. The van der Waals surface area contributed by atoms with Gasteiger partial charge in [0.15, 0.2) is 0 Å². The molecule has 0 atom stereocenters. The van der Waals surface area contributed by atoms with E-state index in [-0.39, 0.29) is 11.8 Å². The molecule has 0 N–H and O–H groups in total. The summed E-state index contributed by atoms with van der Waals surface area (Å²) in [6.07, 6.45) is 0. The Bertz CT molecular complexity index is 2350. The number of nitrogens with zero attached hydrogens (tertiary/aromatic N) is 4. The second kappa shape index (κ2) is 10.4. The van der Waals surface area contributed by atoms with E-state index < -0.39 is 0 Å². The maximum atomic E-state index is 14.1. The van der Waals surface area contributed by atoms with Crippen LogP contribution in [-0.4, -0.2) is 16.4 Å². The van der Waals surface area contributed by atoms with Gasteiger partial charge in [0.2, 0.25) is 0 Å². The Hall–Kier alpha value is -6.76. The van der Waals surface area contributed by atoms with E-state index in [1.807, 2.05) is 78.9 Å². The van der Waals surface area contributed by atoms with Gasteiger partial charge in [-0.05, 0) is 82.9 Å². The molecule has 46 heavy (non-hydrogen) atoms. The molecule has 0 bridgehead atoms. The molecule has 1 aromatic heterocycles. The van der Waals surface area contributed by atoms with Gasteiger partial charge in [0.05, 0.1) is 56.8 Å². The van der Waals surface area contributed by atoms with Gasteiger partial charge in [0, 0.05) is 10.8 Å². The highest BCUT2D eigenvalue weighted by molar-refractivity contribution is 6.36. The molecule has 7 aromatic rings. The number of imide groups is 1. The molecule has 0 unspecified atom stereocenters. The van der Waals surface area contributed by atoms with E-state index in [2.05, 4.69) is 28.8 Å². The number of benzene rings is 6. The van der Waals surface area contributed by atoms with Gasteiger partial charge in [-0.2, -0.15) is 10.5 Å². The van der Waals surface area contributed by atoms with Crippen molar-refractivity contribution in [2.24, 2.45) is 0 Å². The minimum atomic E-state index is -0.372. The molecule has 6 nitrogen and oxygen atoms in total. The van der Waals surface area contributed by atoms with Gasteiger partial charge in [-0.1, -0.05) is 72.8 Å². The molecule has 6 heteroatoms. The Morgan fingerprint density at radius 3 is 1.50 bits per heavy atom.